The zero-order valence-corrected chi connectivity index (χ0v) is 11.0. The number of sulfone groups is 1. The summed E-state index contributed by atoms with van der Waals surface area (Å²) < 4.78 is 43.4. The molecule has 0 bridgehead atoms. The largest absolute Gasteiger partial charge is 0.478 e. The maximum Gasteiger partial charge on any atom is 0.335 e. The molecule has 5 nitrogen and oxygen atoms in total. The Bertz CT molecular complexity index is 617. The summed E-state index contributed by atoms with van der Waals surface area (Å²) in [7, 11) is -3.78. The summed E-state index contributed by atoms with van der Waals surface area (Å²) in [6.07, 6.45) is 0.334. The molecule has 0 aliphatic carbocycles. The molecule has 1 aromatic rings. The number of halogens is 1. The van der Waals surface area contributed by atoms with Gasteiger partial charge >= 0.3 is 5.97 Å². The van der Waals surface area contributed by atoms with Gasteiger partial charge in [-0.1, -0.05) is 0 Å². The van der Waals surface area contributed by atoms with Gasteiger partial charge < -0.3 is 9.84 Å². The van der Waals surface area contributed by atoms with Crippen molar-refractivity contribution in [1.29, 1.82) is 0 Å². The van der Waals surface area contributed by atoms with Crippen molar-refractivity contribution < 1.29 is 27.4 Å². The zero-order chi connectivity index (χ0) is 14.2. The first-order valence-corrected chi connectivity index (χ1v) is 7.23. The number of rotatable bonds is 3. The SMILES string of the molecule is Cc1c(F)cc(C(=O)O)cc1S(=O)(=O)C1CCOC1. The Hall–Kier alpha value is -1.47. The van der Waals surface area contributed by atoms with Crippen LogP contribution >= 0.6 is 0 Å². The van der Waals surface area contributed by atoms with Crippen LogP contribution in [0.2, 0.25) is 0 Å². The highest BCUT2D eigenvalue weighted by molar-refractivity contribution is 7.92. The molecule has 0 aromatic heterocycles. The first-order valence-electron chi connectivity index (χ1n) is 5.69. The van der Waals surface area contributed by atoms with Gasteiger partial charge in [-0.3, -0.25) is 0 Å². The van der Waals surface area contributed by atoms with Crippen LogP contribution in [0.1, 0.15) is 22.3 Å². The van der Waals surface area contributed by atoms with Crippen LogP contribution in [-0.4, -0.2) is 38.0 Å². The zero-order valence-electron chi connectivity index (χ0n) is 10.2. The molecule has 0 amide bonds. The summed E-state index contributed by atoms with van der Waals surface area (Å²) in [4.78, 5) is 10.6. The summed E-state index contributed by atoms with van der Waals surface area (Å²) in [5.74, 6) is -2.20. The summed E-state index contributed by atoms with van der Waals surface area (Å²) in [6, 6.07) is 1.83. The molecule has 1 saturated heterocycles. The van der Waals surface area contributed by atoms with Crippen molar-refractivity contribution in [2.24, 2.45) is 0 Å². The molecule has 1 atom stereocenters. The molecular formula is C12H13FO5S. The van der Waals surface area contributed by atoms with Gasteiger partial charge in [0.1, 0.15) is 5.82 Å². The van der Waals surface area contributed by atoms with Gasteiger partial charge in [-0.15, -0.1) is 0 Å². The predicted octanol–water partition coefficient (Wildman–Crippen LogP) is 1.39. The maximum atomic E-state index is 13.7. The lowest BCUT2D eigenvalue weighted by atomic mass is 10.1. The molecule has 19 heavy (non-hydrogen) atoms. The summed E-state index contributed by atoms with van der Waals surface area (Å²) >= 11 is 0. The maximum absolute atomic E-state index is 13.7. The van der Waals surface area contributed by atoms with Crippen molar-refractivity contribution >= 4 is 15.8 Å². The van der Waals surface area contributed by atoms with E-state index in [-0.39, 0.29) is 22.6 Å². The molecule has 7 heteroatoms. The van der Waals surface area contributed by atoms with Crippen LogP contribution in [0.4, 0.5) is 4.39 Å². The normalized spacial score (nSPS) is 19.6. The lowest BCUT2D eigenvalue weighted by Gasteiger charge is -2.13. The number of carboxylic acid groups (broad SMARTS) is 1. The Kier molecular flexibility index (Phi) is 3.60. The van der Waals surface area contributed by atoms with E-state index in [1.165, 1.54) is 6.92 Å². The van der Waals surface area contributed by atoms with Gasteiger partial charge in [0, 0.05) is 12.2 Å². The van der Waals surface area contributed by atoms with E-state index in [0.717, 1.165) is 12.1 Å². The van der Waals surface area contributed by atoms with Crippen molar-refractivity contribution in [3.63, 3.8) is 0 Å². The quantitative estimate of drug-likeness (QED) is 0.909. The fourth-order valence-corrected chi connectivity index (χ4v) is 3.87. The van der Waals surface area contributed by atoms with E-state index in [4.69, 9.17) is 9.84 Å². The van der Waals surface area contributed by atoms with Crippen molar-refractivity contribution in [2.75, 3.05) is 13.2 Å². The number of aromatic carboxylic acids is 1. The van der Waals surface area contributed by atoms with Crippen LogP contribution in [0.3, 0.4) is 0 Å². The van der Waals surface area contributed by atoms with Crippen LogP contribution < -0.4 is 0 Å². The second kappa shape index (κ2) is 4.90. The Morgan fingerprint density at radius 1 is 1.47 bits per heavy atom. The molecule has 0 saturated carbocycles. The Labute approximate surface area is 109 Å². The van der Waals surface area contributed by atoms with E-state index in [2.05, 4.69) is 0 Å². The molecule has 1 aliphatic heterocycles. The number of hydrogen-bond acceptors (Lipinski definition) is 4. The molecule has 1 aromatic carbocycles. The van der Waals surface area contributed by atoms with Gasteiger partial charge in [-0.25, -0.2) is 17.6 Å². The van der Waals surface area contributed by atoms with Crippen molar-refractivity contribution in [3.8, 4) is 0 Å². The van der Waals surface area contributed by atoms with E-state index >= 15 is 0 Å². The summed E-state index contributed by atoms with van der Waals surface area (Å²) in [6.45, 7) is 1.72. The molecule has 2 rings (SSSR count). The van der Waals surface area contributed by atoms with Gasteiger partial charge in [0.25, 0.3) is 0 Å². The molecule has 1 heterocycles. The minimum atomic E-state index is -3.78. The van der Waals surface area contributed by atoms with Gasteiger partial charge in [0.2, 0.25) is 0 Å². The second-order valence-electron chi connectivity index (χ2n) is 4.42. The number of benzene rings is 1. The Morgan fingerprint density at radius 3 is 2.68 bits per heavy atom. The lowest BCUT2D eigenvalue weighted by Crippen LogP contribution is -2.23. The van der Waals surface area contributed by atoms with E-state index in [0.29, 0.717) is 13.0 Å². The smallest absolute Gasteiger partial charge is 0.335 e. The van der Waals surface area contributed by atoms with E-state index in [9.17, 15) is 17.6 Å². The number of carboxylic acids is 1. The Morgan fingerprint density at radius 2 is 2.16 bits per heavy atom. The van der Waals surface area contributed by atoms with Crippen molar-refractivity contribution in [1.82, 2.24) is 0 Å². The second-order valence-corrected chi connectivity index (χ2v) is 6.61. The molecular weight excluding hydrogens is 275 g/mol. The predicted molar refractivity (Wildman–Crippen MR) is 64.5 cm³/mol. The van der Waals surface area contributed by atoms with E-state index in [1.54, 1.807) is 0 Å². The van der Waals surface area contributed by atoms with Crippen LogP contribution in [0.5, 0.6) is 0 Å². The van der Waals surface area contributed by atoms with Crippen molar-refractivity contribution in [3.05, 3.63) is 29.1 Å². The number of ether oxygens (including phenoxy) is 1. The lowest BCUT2D eigenvalue weighted by molar-refractivity contribution is 0.0696. The number of carbonyl (C=O) groups is 1. The third kappa shape index (κ3) is 2.48. The van der Waals surface area contributed by atoms with Gasteiger partial charge in [-0.2, -0.15) is 0 Å². The fraction of sp³-hybridized carbons (Fsp3) is 0.417. The molecule has 1 unspecified atom stereocenters. The average Bonchev–Trinajstić information content (AvgIpc) is 2.86. The van der Waals surface area contributed by atoms with Crippen LogP contribution in [0.15, 0.2) is 17.0 Å². The molecule has 104 valence electrons. The molecule has 0 radical (unpaired) electrons. The minimum absolute atomic E-state index is 0.0562. The van der Waals surface area contributed by atoms with Gasteiger partial charge in [0.05, 0.1) is 22.3 Å². The monoisotopic (exact) mass is 288 g/mol. The standard InChI is InChI=1S/C12H13FO5S/c1-7-10(13)4-8(12(14)15)5-11(7)19(16,17)9-2-3-18-6-9/h4-5,9H,2-3,6H2,1H3,(H,14,15). The van der Waals surface area contributed by atoms with Crippen LogP contribution in [0, 0.1) is 12.7 Å². The first-order chi connectivity index (χ1) is 8.84. The van der Waals surface area contributed by atoms with Gasteiger partial charge in [0.15, 0.2) is 9.84 Å². The first kappa shape index (κ1) is 14.0. The number of hydrogen-bond donors (Lipinski definition) is 1. The van der Waals surface area contributed by atoms with E-state index < -0.39 is 26.9 Å². The van der Waals surface area contributed by atoms with E-state index in [1.807, 2.05) is 0 Å². The highest BCUT2D eigenvalue weighted by Crippen LogP contribution is 2.27. The molecule has 1 fully saturated rings. The third-order valence-electron chi connectivity index (χ3n) is 3.18. The molecule has 0 spiro atoms. The van der Waals surface area contributed by atoms with Crippen molar-refractivity contribution in [2.45, 2.75) is 23.5 Å². The third-order valence-corrected chi connectivity index (χ3v) is 5.46. The topological polar surface area (TPSA) is 80.7 Å². The highest BCUT2D eigenvalue weighted by Gasteiger charge is 2.33. The summed E-state index contributed by atoms with van der Waals surface area (Å²) in [5.41, 5.74) is -0.433. The minimum Gasteiger partial charge on any atom is -0.478 e. The highest BCUT2D eigenvalue weighted by atomic mass is 32.2. The molecule has 1 aliphatic rings. The van der Waals surface area contributed by atoms with Crippen LogP contribution in [0.25, 0.3) is 0 Å². The van der Waals surface area contributed by atoms with Crippen LogP contribution in [-0.2, 0) is 14.6 Å². The Balaban J connectivity index is 2.57. The summed E-state index contributed by atoms with van der Waals surface area (Å²) in [5, 5.41) is 8.13. The fourth-order valence-electron chi connectivity index (χ4n) is 2.01. The van der Waals surface area contributed by atoms with Gasteiger partial charge in [-0.05, 0) is 25.5 Å². The molecule has 1 N–H and O–H groups in total. The average molecular weight is 288 g/mol.